The van der Waals surface area contributed by atoms with Gasteiger partial charge < -0.3 is 16.2 Å². The van der Waals surface area contributed by atoms with Crippen LogP contribution in [0.15, 0.2) is 33.9 Å². The predicted molar refractivity (Wildman–Crippen MR) is 103 cm³/mol. The molecule has 0 spiro atoms. The summed E-state index contributed by atoms with van der Waals surface area (Å²) < 4.78 is 0. The average molecular weight is 423 g/mol. The van der Waals surface area contributed by atoms with Crippen LogP contribution in [-0.2, 0) is 25.6 Å². The zero-order valence-corrected chi connectivity index (χ0v) is 16.1. The number of hydrogen-bond donors (Lipinski definition) is 4. The molecule has 1 aromatic heterocycles. The smallest absolute Gasteiger partial charge is 0.353 e. The highest BCUT2D eigenvalue weighted by Gasteiger charge is 2.54. The topological polar surface area (TPSA) is 154 Å². The van der Waals surface area contributed by atoms with Gasteiger partial charge in [0.25, 0.3) is 11.8 Å². The summed E-state index contributed by atoms with van der Waals surface area (Å²) in [5.41, 5.74) is 7.38. The zero-order valence-electron chi connectivity index (χ0n) is 14.5. The lowest BCUT2D eigenvalue weighted by molar-refractivity contribution is -0.150. The minimum atomic E-state index is -1.28. The number of hydrogen-bond acceptors (Lipinski definition) is 8. The molecule has 1 saturated heterocycles. The second-order valence-corrected chi connectivity index (χ2v) is 8.02. The Kier molecular flexibility index (Phi) is 6.11. The molecule has 3 heterocycles. The van der Waals surface area contributed by atoms with Crippen LogP contribution in [0.25, 0.3) is 0 Å². The number of carboxylic acids is 1. The number of hydrazone groups is 1. The summed E-state index contributed by atoms with van der Waals surface area (Å²) in [6.07, 6.45) is 1.36. The normalized spacial score (nSPS) is 21.3. The lowest BCUT2D eigenvalue weighted by Crippen LogP contribution is -2.70. The number of amides is 3. The van der Waals surface area contributed by atoms with Crippen LogP contribution in [0.1, 0.15) is 4.88 Å². The van der Waals surface area contributed by atoms with Crippen molar-refractivity contribution in [3.63, 3.8) is 0 Å². The van der Waals surface area contributed by atoms with Gasteiger partial charge in [0.05, 0.1) is 19.2 Å². The summed E-state index contributed by atoms with van der Waals surface area (Å²) in [6, 6.07) is 2.89. The number of thioether (sulfide) groups is 1. The molecule has 2 aliphatic rings. The number of aliphatic carboxylic acids is 1. The summed E-state index contributed by atoms with van der Waals surface area (Å²) >= 11 is 2.76. The first-order valence-corrected chi connectivity index (χ1v) is 10.1. The number of thiophene rings is 1. The van der Waals surface area contributed by atoms with E-state index in [-0.39, 0.29) is 35.9 Å². The summed E-state index contributed by atoms with van der Waals surface area (Å²) in [7, 11) is 0. The highest BCUT2D eigenvalue weighted by atomic mass is 32.2. The molecule has 0 saturated carbocycles. The van der Waals surface area contributed by atoms with Crippen molar-refractivity contribution >= 4 is 53.0 Å². The first kappa shape index (κ1) is 20.0. The Morgan fingerprint density at radius 3 is 2.82 bits per heavy atom. The van der Waals surface area contributed by atoms with Crippen LogP contribution in [0.4, 0.5) is 0 Å². The standard InChI is InChI=1S/C16H17N5O5S2/c17-5-11(23)20-18-6-8-7-28-15-12(14(24)21(15)13(8)16(25)26)19-10(22)4-9-2-1-3-27-9/h1-3,6,12,15H,4-5,7,17H2,(H,19,22)(H,20,23)(H,25,26)/t12?,15-/m1/s1. The van der Waals surface area contributed by atoms with Gasteiger partial charge in [-0.2, -0.15) is 5.10 Å². The van der Waals surface area contributed by atoms with Crippen molar-refractivity contribution in [3.8, 4) is 0 Å². The molecule has 2 atom stereocenters. The zero-order chi connectivity index (χ0) is 20.3. The Morgan fingerprint density at radius 2 is 2.18 bits per heavy atom. The first-order chi connectivity index (χ1) is 13.4. The molecule has 3 amide bonds. The predicted octanol–water partition coefficient (Wildman–Crippen LogP) is -0.910. The van der Waals surface area contributed by atoms with Gasteiger partial charge in [0, 0.05) is 16.2 Å². The van der Waals surface area contributed by atoms with Crippen LogP contribution in [0.2, 0.25) is 0 Å². The van der Waals surface area contributed by atoms with Gasteiger partial charge in [-0.15, -0.1) is 23.1 Å². The van der Waals surface area contributed by atoms with Crippen LogP contribution in [0.5, 0.6) is 0 Å². The third-order valence-electron chi connectivity index (χ3n) is 4.03. The second-order valence-electron chi connectivity index (χ2n) is 5.89. The number of carboxylic acid groups (broad SMARTS) is 1. The molecule has 0 radical (unpaired) electrons. The van der Waals surface area contributed by atoms with Gasteiger partial charge in [-0.3, -0.25) is 19.3 Å². The lowest BCUT2D eigenvalue weighted by atomic mass is 10.0. The van der Waals surface area contributed by atoms with Gasteiger partial charge in [-0.05, 0) is 11.4 Å². The van der Waals surface area contributed by atoms with Crippen molar-refractivity contribution in [3.05, 3.63) is 33.7 Å². The van der Waals surface area contributed by atoms with E-state index in [1.54, 1.807) is 0 Å². The second kappa shape index (κ2) is 8.54. The van der Waals surface area contributed by atoms with E-state index in [0.717, 1.165) is 9.78 Å². The van der Waals surface area contributed by atoms with Crippen molar-refractivity contribution in [2.45, 2.75) is 17.8 Å². The SMILES string of the molecule is NCC(=O)NN=CC1=C(C(=O)O)N2C(=O)C(NC(=O)Cc3cccs3)[C@H]2SC1. The third-order valence-corrected chi connectivity index (χ3v) is 6.21. The van der Waals surface area contributed by atoms with E-state index in [9.17, 15) is 24.3 Å². The summed E-state index contributed by atoms with van der Waals surface area (Å²) in [6.45, 7) is -0.254. The Bertz CT molecular complexity index is 867. The minimum Gasteiger partial charge on any atom is -0.477 e. The van der Waals surface area contributed by atoms with Gasteiger partial charge in [0.1, 0.15) is 17.1 Å². The fourth-order valence-electron chi connectivity index (χ4n) is 2.77. The Labute approximate surface area is 167 Å². The fourth-order valence-corrected chi connectivity index (χ4v) is 4.77. The molecule has 3 rings (SSSR count). The van der Waals surface area contributed by atoms with Crippen molar-refractivity contribution in [1.82, 2.24) is 15.6 Å². The van der Waals surface area contributed by atoms with Crippen LogP contribution in [-0.4, -0.2) is 63.6 Å². The van der Waals surface area contributed by atoms with E-state index in [2.05, 4.69) is 15.8 Å². The summed E-state index contributed by atoms with van der Waals surface area (Å²) in [5, 5.41) is 17.2. The molecule has 148 valence electrons. The van der Waals surface area contributed by atoms with Gasteiger partial charge in [-0.1, -0.05) is 6.07 Å². The molecule has 5 N–H and O–H groups in total. The van der Waals surface area contributed by atoms with E-state index in [4.69, 9.17) is 5.73 Å². The number of carbonyl (C=O) groups is 4. The van der Waals surface area contributed by atoms with Crippen LogP contribution in [0.3, 0.4) is 0 Å². The Morgan fingerprint density at radius 1 is 1.39 bits per heavy atom. The molecule has 0 aromatic carbocycles. The number of nitrogens with two attached hydrogens (primary N) is 1. The molecular formula is C16H17N5O5S2. The van der Waals surface area contributed by atoms with Gasteiger partial charge in [0.2, 0.25) is 5.91 Å². The molecule has 10 nitrogen and oxygen atoms in total. The number of β-lactam (4-membered cyclic amide) rings is 1. The number of rotatable bonds is 7. The molecule has 2 aliphatic heterocycles. The number of carbonyl (C=O) groups excluding carboxylic acids is 3. The molecule has 12 heteroatoms. The summed E-state index contributed by atoms with van der Waals surface area (Å²) in [5.74, 6) is -2.34. The Balaban J connectivity index is 1.69. The largest absolute Gasteiger partial charge is 0.477 e. The number of nitrogens with one attached hydrogen (secondary N) is 2. The van der Waals surface area contributed by atoms with Crippen molar-refractivity contribution in [1.29, 1.82) is 0 Å². The molecule has 1 unspecified atom stereocenters. The molecular weight excluding hydrogens is 406 g/mol. The van der Waals surface area contributed by atoms with E-state index in [1.807, 2.05) is 17.5 Å². The molecule has 0 bridgehead atoms. The van der Waals surface area contributed by atoms with E-state index in [1.165, 1.54) is 29.3 Å². The molecule has 0 aliphatic carbocycles. The van der Waals surface area contributed by atoms with Gasteiger partial charge >= 0.3 is 5.97 Å². The first-order valence-electron chi connectivity index (χ1n) is 8.17. The monoisotopic (exact) mass is 423 g/mol. The molecule has 1 aromatic rings. The van der Waals surface area contributed by atoms with Crippen LogP contribution < -0.4 is 16.5 Å². The summed E-state index contributed by atoms with van der Waals surface area (Å²) in [4.78, 5) is 49.5. The van der Waals surface area contributed by atoms with E-state index >= 15 is 0 Å². The highest BCUT2D eigenvalue weighted by Crippen LogP contribution is 2.39. The molecule has 28 heavy (non-hydrogen) atoms. The van der Waals surface area contributed by atoms with E-state index in [0.29, 0.717) is 0 Å². The van der Waals surface area contributed by atoms with E-state index < -0.39 is 29.2 Å². The quantitative estimate of drug-likeness (QED) is 0.251. The van der Waals surface area contributed by atoms with Crippen LogP contribution in [0, 0.1) is 0 Å². The maximum absolute atomic E-state index is 12.5. The third kappa shape index (κ3) is 4.08. The number of fused-ring (bicyclic) bond motifs is 1. The maximum atomic E-state index is 12.5. The number of nitrogens with zero attached hydrogens (tertiary/aromatic N) is 2. The maximum Gasteiger partial charge on any atom is 0.353 e. The van der Waals surface area contributed by atoms with Gasteiger partial charge in [-0.25, -0.2) is 10.2 Å². The molecule has 1 fully saturated rings. The van der Waals surface area contributed by atoms with Crippen molar-refractivity contribution in [2.24, 2.45) is 10.8 Å². The highest BCUT2D eigenvalue weighted by molar-refractivity contribution is 8.00. The van der Waals surface area contributed by atoms with Crippen molar-refractivity contribution < 1.29 is 24.3 Å². The fraction of sp³-hybridized carbons (Fsp3) is 0.312. The average Bonchev–Trinajstić information content (AvgIpc) is 3.18. The lowest BCUT2D eigenvalue weighted by Gasteiger charge is -2.49. The van der Waals surface area contributed by atoms with Crippen LogP contribution >= 0.6 is 23.1 Å². The van der Waals surface area contributed by atoms with Crippen molar-refractivity contribution in [2.75, 3.05) is 12.3 Å². The Hall–Kier alpha value is -2.70. The minimum absolute atomic E-state index is 0.166. The van der Waals surface area contributed by atoms with Gasteiger partial charge in [0.15, 0.2) is 0 Å².